The van der Waals surface area contributed by atoms with Crippen molar-refractivity contribution in [3.63, 3.8) is 0 Å². The number of hydrogen-bond acceptors (Lipinski definition) is 4. The number of carbonyl (C=O) groups excluding carboxylic acids is 2. The van der Waals surface area contributed by atoms with Crippen LogP contribution in [0.4, 0.5) is 4.39 Å². The van der Waals surface area contributed by atoms with Gasteiger partial charge in [-0.3, -0.25) is 4.79 Å². The molecular formula is C11H11FO4. The van der Waals surface area contributed by atoms with Gasteiger partial charge in [0.25, 0.3) is 0 Å². The molecule has 0 aliphatic rings. The van der Waals surface area contributed by atoms with E-state index >= 15 is 0 Å². The molecule has 86 valence electrons. The zero-order valence-electron chi connectivity index (χ0n) is 8.90. The highest BCUT2D eigenvalue weighted by Crippen LogP contribution is 2.19. The van der Waals surface area contributed by atoms with Crippen LogP contribution >= 0.6 is 0 Å². The van der Waals surface area contributed by atoms with Crippen LogP contribution in [-0.4, -0.2) is 25.5 Å². The van der Waals surface area contributed by atoms with Crippen molar-refractivity contribution in [2.45, 2.75) is 13.0 Å². The molecule has 0 aromatic heterocycles. The molecule has 0 aliphatic carbocycles. The molecule has 0 saturated carbocycles. The third kappa shape index (κ3) is 2.79. The Kier molecular flexibility index (Phi) is 3.99. The fraction of sp³-hybridized carbons (Fsp3) is 0.273. The second-order valence-electron chi connectivity index (χ2n) is 3.08. The van der Waals surface area contributed by atoms with Crippen molar-refractivity contribution in [1.29, 1.82) is 0 Å². The molecule has 0 radical (unpaired) electrons. The number of halogens is 1. The summed E-state index contributed by atoms with van der Waals surface area (Å²) in [5, 5.41) is 0. The Morgan fingerprint density at radius 2 is 2.19 bits per heavy atom. The molecule has 1 unspecified atom stereocenters. The first kappa shape index (κ1) is 12.2. The number of carbonyl (C=O) groups is 2. The predicted octanol–water partition coefficient (Wildman–Crippen LogP) is 1.58. The fourth-order valence-electron chi connectivity index (χ4n) is 1.11. The van der Waals surface area contributed by atoms with Crippen LogP contribution in [0.1, 0.15) is 17.3 Å². The van der Waals surface area contributed by atoms with Gasteiger partial charge in [0.05, 0.1) is 12.7 Å². The summed E-state index contributed by atoms with van der Waals surface area (Å²) in [6.45, 7) is 1.45. The Labute approximate surface area is 92.0 Å². The van der Waals surface area contributed by atoms with Gasteiger partial charge in [0.1, 0.15) is 11.6 Å². The summed E-state index contributed by atoms with van der Waals surface area (Å²) in [6.07, 6.45) is -0.371. The molecule has 0 aliphatic heterocycles. The zero-order chi connectivity index (χ0) is 12.1. The third-order valence-corrected chi connectivity index (χ3v) is 1.94. The Bertz CT molecular complexity index is 403. The van der Waals surface area contributed by atoms with Gasteiger partial charge in [-0.25, -0.2) is 9.18 Å². The minimum atomic E-state index is -0.898. The molecule has 4 nitrogen and oxygen atoms in total. The standard InChI is InChI=1S/C11H11FO4/c1-7(11(14)15-2)16-10-5-9(12)4-3-8(10)6-13/h3-7H,1-2H3. The van der Waals surface area contributed by atoms with Crippen molar-refractivity contribution in [3.8, 4) is 5.75 Å². The summed E-state index contributed by atoms with van der Waals surface area (Å²) >= 11 is 0. The van der Waals surface area contributed by atoms with Gasteiger partial charge >= 0.3 is 5.97 Å². The smallest absolute Gasteiger partial charge is 0.346 e. The first-order valence-electron chi connectivity index (χ1n) is 4.57. The van der Waals surface area contributed by atoms with E-state index in [1.54, 1.807) is 0 Å². The van der Waals surface area contributed by atoms with Crippen LogP contribution < -0.4 is 4.74 Å². The number of methoxy groups -OCH3 is 1. The lowest BCUT2D eigenvalue weighted by atomic mass is 10.2. The van der Waals surface area contributed by atoms with Gasteiger partial charge in [0.15, 0.2) is 12.4 Å². The summed E-state index contributed by atoms with van der Waals surface area (Å²) in [6, 6.07) is 3.46. The maximum Gasteiger partial charge on any atom is 0.346 e. The van der Waals surface area contributed by atoms with E-state index in [0.29, 0.717) is 6.29 Å². The summed E-state index contributed by atoms with van der Waals surface area (Å²) in [5.74, 6) is -1.12. The largest absolute Gasteiger partial charge is 0.478 e. The van der Waals surface area contributed by atoms with E-state index in [9.17, 15) is 14.0 Å². The van der Waals surface area contributed by atoms with Gasteiger partial charge in [0.2, 0.25) is 0 Å². The average molecular weight is 226 g/mol. The summed E-state index contributed by atoms with van der Waals surface area (Å²) in [5.41, 5.74) is 0.178. The van der Waals surface area contributed by atoms with E-state index in [1.807, 2.05) is 0 Å². The Hall–Kier alpha value is -1.91. The van der Waals surface area contributed by atoms with Gasteiger partial charge in [-0.15, -0.1) is 0 Å². The molecule has 0 N–H and O–H groups in total. The van der Waals surface area contributed by atoms with Gasteiger partial charge in [-0.2, -0.15) is 0 Å². The molecule has 0 bridgehead atoms. The summed E-state index contributed by atoms with van der Waals surface area (Å²) in [7, 11) is 1.22. The molecular weight excluding hydrogens is 215 g/mol. The minimum Gasteiger partial charge on any atom is -0.478 e. The lowest BCUT2D eigenvalue weighted by molar-refractivity contribution is -0.147. The average Bonchev–Trinajstić information content (AvgIpc) is 2.28. The van der Waals surface area contributed by atoms with Crippen LogP contribution in [0.5, 0.6) is 5.75 Å². The van der Waals surface area contributed by atoms with Crippen molar-refractivity contribution < 1.29 is 23.5 Å². The number of ether oxygens (including phenoxy) is 2. The van der Waals surface area contributed by atoms with Crippen molar-refractivity contribution in [1.82, 2.24) is 0 Å². The van der Waals surface area contributed by atoms with E-state index < -0.39 is 17.9 Å². The zero-order valence-corrected chi connectivity index (χ0v) is 8.90. The number of aldehydes is 1. The first-order chi connectivity index (χ1) is 7.58. The monoisotopic (exact) mass is 226 g/mol. The van der Waals surface area contributed by atoms with Crippen molar-refractivity contribution in [2.75, 3.05) is 7.11 Å². The van der Waals surface area contributed by atoms with Crippen molar-refractivity contribution in [2.24, 2.45) is 0 Å². The Morgan fingerprint density at radius 3 is 2.75 bits per heavy atom. The molecule has 5 heteroatoms. The van der Waals surface area contributed by atoms with Crippen LogP contribution in [-0.2, 0) is 9.53 Å². The number of rotatable bonds is 4. The third-order valence-electron chi connectivity index (χ3n) is 1.94. The van der Waals surface area contributed by atoms with E-state index in [2.05, 4.69) is 4.74 Å². The second-order valence-corrected chi connectivity index (χ2v) is 3.08. The fourth-order valence-corrected chi connectivity index (χ4v) is 1.11. The maximum atomic E-state index is 12.9. The minimum absolute atomic E-state index is 0.0212. The van der Waals surface area contributed by atoms with Crippen molar-refractivity contribution in [3.05, 3.63) is 29.6 Å². The van der Waals surface area contributed by atoms with E-state index in [4.69, 9.17) is 4.74 Å². The molecule has 0 saturated heterocycles. The molecule has 0 amide bonds. The normalized spacial score (nSPS) is 11.7. The van der Waals surface area contributed by atoms with Gasteiger partial charge in [-0.1, -0.05) is 0 Å². The second kappa shape index (κ2) is 5.25. The SMILES string of the molecule is COC(=O)C(C)Oc1cc(F)ccc1C=O. The lowest BCUT2D eigenvalue weighted by Crippen LogP contribution is -2.25. The Morgan fingerprint density at radius 1 is 1.50 bits per heavy atom. The van der Waals surface area contributed by atoms with Crippen LogP contribution in [0.15, 0.2) is 18.2 Å². The number of hydrogen-bond donors (Lipinski definition) is 0. The molecule has 1 aromatic carbocycles. The molecule has 1 aromatic rings. The molecule has 16 heavy (non-hydrogen) atoms. The predicted molar refractivity (Wildman–Crippen MR) is 53.9 cm³/mol. The number of esters is 1. The molecule has 0 heterocycles. The van der Waals surface area contributed by atoms with Crippen LogP contribution in [0, 0.1) is 5.82 Å². The number of benzene rings is 1. The van der Waals surface area contributed by atoms with E-state index in [1.165, 1.54) is 20.1 Å². The van der Waals surface area contributed by atoms with Gasteiger partial charge < -0.3 is 9.47 Å². The Balaban J connectivity index is 2.91. The summed E-state index contributed by atoms with van der Waals surface area (Å²) in [4.78, 5) is 21.7. The van der Waals surface area contributed by atoms with E-state index in [-0.39, 0.29) is 11.3 Å². The lowest BCUT2D eigenvalue weighted by Gasteiger charge is -2.13. The molecule has 1 rings (SSSR count). The molecule has 0 fully saturated rings. The van der Waals surface area contributed by atoms with Crippen LogP contribution in [0.2, 0.25) is 0 Å². The van der Waals surface area contributed by atoms with Gasteiger partial charge in [-0.05, 0) is 19.1 Å². The van der Waals surface area contributed by atoms with E-state index in [0.717, 1.165) is 12.1 Å². The summed E-state index contributed by atoms with van der Waals surface area (Å²) < 4.78 is 22.5. The highest BCUT2D eigenvalue weighted by molar-refractivity contribution is 5.80. The highest BCUT2D eigenvalue weighted by Gasteiger charge is 2.16. The highest BCUT2D eigenvalue weighted by atomic mass is 19.1. The quantitative estimate of drug-likeness (QED) is 0.577. The molecule has 1 atom stereocenters. The van der Waals surface area contributed by atoms with Crippen LogP contribution in [0.25, 0.3) is 0 Å². The topological polar surface area (TPSA) is 52.6 Å². The first-order valence-corrected chi connectivity index (χ1v) is 4.57. The maximum absolute atomic E-state index is 12.9. The van der Waals surface area contributed by atoms with Gasteiger partial charge in [0, 0.05) is 6.07 Å². The van der Waals surface area contributed by atoms with Crippen molar-refractivity contribution >= 4 is 12.3 Å². The van der Waals surface area contributed by atoms with Crippen LogP contribution in [0.3, 0.4) is 0 Å². The molecule has 0 spiro atoms.